The molecule has 88 valence electrons. The first-order valence-corrected chi connectivity index (χ1v) is 6.35. The van der Waals surface area contributed by atoms with Crippen molar-refractivity contribution in [2.24, 2.45) is 0 Å². The highest BCUT2D eigenvalue weighted by Crippen LogP contribution is 2.35. The van der Waals surface area contributed by atoms with E-state index in [-0.39, 0.29) is 5.54 Å². The lowest BCUT2D eigenvalue weighted by Crippen LogP contribution is -2.36. The van der Waals surface area contributed by atoms with E-state index < -0.39 is 0 Å². The molecule has 1 heterocycles. The van der Waals surface area contributed by atoms with Gasteiger partial charge >= 0.3 is 0 Å². The molecule has 2 rings (SSSR count). The average Bonchev–Trinajstić information content (AvgIpc) is 2.58. The smallest absolute Gasteiger partial charge is 0.0194 e. The number of hydrogen-bond acceptors (Lipinski definition) is 1. The maximum atomic E-state index is 3.58. The van der Waals surface area contributed by atoms with Crippen molar-refractivity contribution in [3.8, 4) is 0 Å². The van der Waals surface area contributed by atoms with Gasteiger partial charge in [-0.05, 0) is 43.9 Å². The Morgan fingerprint density at radius 3 is 2.25 bits per heavy atom. The van der Waals surface area contributed by atoms with Crippen LogP contribution in [-0.2, 0) is 0 Å². The second-order valence-electron chi connectivity index (χ2n) is 5.81. The molecule has 1 nitrogen and oxygen atoms in total. The number of benzene rings is 1. The van der Waals surface area contributed by atoms with E-state index in [0.29, 0.717) is 11.8 Å². The third kappa shape index (κ3) is 2.15. The number of hydrogen-bond donors (Lipinski definition) is 1. The Morgan fingerprint density at radius 2 is 1.81 bits per heavy atom. The van der Waals surface area contributed by atoms with Crippen LogP contribution in [0.2, 0.25) is 0 Å². The van der Waals surface area contributed by atoms with Crippen molar-refractivity contribution in [3.63, 3.8) is 0 Å². The van der Waals surface area contributed by atoms with Crippen molar-refractivity contribution < 1.29 is 0 Å². The van der Waals surface area contributed by atoms with Gasteiger partial charge in [-0.25, -0.2) is 0 Å². The molecule has 0 spiro atoms. The molecule has 0 radical (unpaired) electrons. The summed E-state index contributed by atoms with van der Waals surface area (Å²) in [5, 5.41) is 3.58. The van der Waals surface area contributed by atoms with Crippen molar-refractivity contribution in [3.05, 3.63) is 35.4 Å². The van der Waals surface area contributed by atoms with Crippen molar-refractivity contribution in [1.82, 2.24) is 5.32 Å². The highest BCUT2D eigenvalue weighted by molar-refractivity contribution is 5.30. The summed E-state index contributed by atoms with van der Waals surface area (Å²) in [4.78, 5) is 0. The summed E-state index contributed by atoms with van der Waals surface area (Å²) in [6.07, 6.45) is 1.26. The van der Waals surface area contributed by atoms with E-state index in [9.17, 15) is 0 Å². The topological polar surface area (TPSA) is 12.0 Å². The predicted octanol–water partition coefficient (Wildman–Crippen LogP) is 3.67. The lowest BCUT2D eigenvalue weighted by molar-refractivity contribution is 0.411. The Hall–Kier alpha value is -0.820. The minimum absolute atomic E-state index is 0.249. The van der Waals surface area contributed by atoms with E-state index in [0.717, 1.165) is 6.54 Å². The summed E-state index contributed by atoms with van der Waals surface area (Å²) in [6.45, 7) is 10.2. The molecule has 0 aliphatic carbocycles. The summed E-state index contributed by atoms with van der Waals surface area (Å²) >= 11 is 0. The lowest BCUT2D eigenvalue weighted by atomic mass is 9.83. The Bertz CT molecular complexity index is 348. The van der Waals surface area contributed by atoms with Gasteiger partial charge in [-0.1, -0.05) is 38.1 Å². The molecule has 1 fully saturated rings. The standard InChI is InChI=1S/C15H23N/c1-11(2)12-5-7-13(8-6-12)14-9-10-16-15(14,3)4/h5-8,11,14,16H,9-10H2,1-4H3. The van der Waals surface area contributed by atoms with Gasteiger partial charge in [0.2, 0.25) is 0 Å². The van der Waals surface area contributed by atoms with Gasteiger partial charge in [0, 0.05) is 11.5 Å². The minimum atomic E-state index is 0.249. The summed E-state index contributed by atoms with van der Waals surface area (Å²) in [6, 6.07) is 9.20. The van der Waals surface area contributed by atoms with Gasteiger partial charge in [0.05, 0.1) is 0 Å². The van der Waals surface area contributed by atoms with Gasteiger partial charge in [0.15, 0.2) is 0 Å². The number of nitrogens with one attached hydrogen (secondary N) is 1. The summed E-state index contributed by atoms with van der Waals surface area (Å²) < 4.78 is 0. The van der Waals surface area contributed by atoms with Gasteiger partial charge in [0.1, 0.15) is 0 Å². The van der Waals surface area contributed by atoms with Crippen LogP contribution in [0.25, 0.3) is 0 Å². The average molecular weight is 217 g/mol. The molecule has 0 bridgehead atoms. The van der Waals surface area contributed by atoms with Gasteiger partial charge in [-0.3, -0.25) is 0 Å². The third-order valence-corrected chi connectivity index (χ3v) is 3.89. The zero-order valence-electron chi connectivity index (χ0n) is 10.9. The SMILES string of the molecule is CC(C)c1ccc(C2CCNC2(C)C)cc1. The molecule has 1 atom stereocenters. The Balaban J connectivity index is 2.22. The van der Waals surface area contributed by atoms with Crippen LogP contribution in [-0.4, -0.2) is 12.1 Å². The van der Waals surface area contributed by atoms with E-state index in [1.807, 2.05) is 0 Å². The molecule has 1 aromatic rings. The first kappa shape index (κ1) is 11.7. The summed E-state index contributed by atoms with van der Waals surface area (Å²) in [5.41, 5.74) is 3.17. The maximum absolute atomic E-state index is 3.58. The summed E-state index contributed by atoms with van der Waals surface area (Å²) in [5.74, 6) is 1.29. The van der Waals surface area contributed by atoms with Crippen LogP contribution in [0.4, 0.5) is 0 Å². The van der Waals surface area contributed by atoms with Gasteiger partial charge in [-0.2, -0.15) is 0 Å². The molecular formula is C15H23N. The van der Waals surface area contributed by atoms with Crippen LogP contribution >= 0.6 is 0 Å². The Morgan fingerprint density at radius 1 is 1.19 bits per heavy atom. The third-order valence-electron chi connectivity index (χ3n) is 3.89. The van der Waals surface area contributed by atoms with E-state index in [2.05, 4.69) is 57.3 Å². The molecule has 1 heteroatoms. The van der Waals surface area contributed by atoms with Crippen LogP contribution < -0.4 is 5.32 Å². The largest absolute Gasteiger partial charge is 0.311 e. The van der Waals surface area contributed by atoms with E-state index in [1.54, 1.807) is 0 Å². The van der Waals surface area contributed by atoms with Crippen molar-refractivity contribution in [1.29, 1.82) is 0 Å². The zero-order chi connectivity index (χ0) is 11.8. The van der Waals surface area contributed by atoms with Gasteiger partial charge in [0.25, 0.3) is 0 Å². The van der Waals surface area contributed by atoms with Crippen molar-refractivity contribution >= 4 is 0 Å². The maximum Gasteiger partial charge on any atom is 0.0194 e. The molecule has 0 amide bonds. The van der Waals surface area contributed by atoms with Gasteiger partial charge < -0.3 is 5.32 Å². The van der Waals surface area contributed by atoms with Crippen LogP contribution in [0.5, 0.6) is 0 Å². The fourth-order valence-corrected chi connectivity index (χ4v) is 2.72. The molecule has 16 heavy (non-hydrogen) atoms. The second-order valence-corrected chi connectivity index (χ2v) is 5.81. The Kier molecular flexibility index (Phi) is 3.07. The van der Waals surface area contributed by atoms with Crippen molar-refractivity contribution in [2.75, 3.05) is 6.54 Å². The molecule has 1 unspecified atom stereocenters. The quantitative estimate of drug-likeness (QED) is 0.797. The number of rotatable bonds is 2. The van der Waals surface area contributed by atoms with Gasteiger partial charge in [-0.15, -0.1) is 0 Å². The minimum Gasteiger partial charge on any atom is -0.311 e. The first-order chi connectivity index (χ1) is 7.50. The molecule has 0 aromatic heterocycles. The zero-order valence-corrected chi connectivity index (χ0v) is 10.9. The highest BCUT2D eigenvalue weighted by Gasteiger charge is 2.34. The van der Waals surface area contributed by atoms with Crippen LogP contribution in [0.1, 0.15) is 57.1 Å². The van der Waals surface area contributed by atoms with E-state index >= 15 is 0 Å². The van der Waals surface area contributed by atoms with Crippen LogP contribution in [0.3, 0.4) is 0 Å². The van der Waals surface area contributed by atoms with Crippen molar-refractivity contribution in [2.45, 2.75) is 51.5 Å². The molecule has 0 saturated carbocycles. The fourth-order valence-electron chi connectivity index (χ4n) is 2.72. The van der Waals surface area contributed by atoms with E-state index in [4.69, 9.17) is 0 Å². The van der Waals surface area contributed by atoms with E-state index in [1.165, 1.54) is 17.5 Å². The normalized spacial score (nSPS) is 23.9. The molecule has 1 aliphatic heterocycles. The predicted molar refractivity (Wildman–Crippen MR) is 70.0 cm³/mol. The molecule has 1 N–H and O–H groups in total. The lowest BCUT2D eigenvalue weighted by Gasteiger charge is -2.27. The molecule has 1 aromatic carbocycles. The first-order valence-electron chi connectivity index (χ1n) is 6.35. The Labute approximate surface area is 99.3 Å². The van der Waals surface area contributed by atoms with Crippen LogP contribution in [0.15, 0.2) is 24.3 Å². The molecular weight excluding hydrogens is 194 g/mol. The molecule has 1 saturated heterocycles. The fraction of sp³-hybridized carbons (Fsp3) is 0.600. The monoisotopic (exact) mass is 217 g/mol. The highest BCUT2D eigenvalue weighted by atomic mass is 15.0. The summed E-state index contributed by atoms with van der Waals surface area (Å²) in [7, 11) is 0. The second kappa shape index (κ2) is 4.21. The van der Waals surface area contributed by atoms with Crippen LogP contribution in [0, 0.1) is 0 Å². The molecule has 1 aliphatic rings.